The van der Waals surface area contributed by atoms with E-state index in [2.05, 4.69) is 17.4 Å². The Morgan fingerprint density at radius 1 is 1.26 bits per heavy atom. The van der Waals surface area contributed by atoms with E-state index in [4.69, 9.17) is 21.1 Å². The van der Waals surface area contributed by atoms with Crippen LogP contribution in [0.4, 0.5) is 4.79 Å². The van der Waals surface area contributed by atoms with Crippen molar-refractivity contribution < 1.29 is 14.3 Å². The van der Waals surface area contributed by atoms with Crippen LogP contribution in [-0.4, -0.2) is 18.3 Å². The summed E-state index contributed by atoms with van der Waals surface area (Å²) in [5, 5.41) is 3.53. The van der Waals surface area contributed by atoms with Gasteiger partial charge in [-0.15, -0.1) is 11.8 Å². The second-order valence-corrected chi connectivity index (χ2v) is 8.82. The van der Waals surface area contributed by atoms with Crippen LogP contribution in [0, 0.1) is 0 Å². The molecule has 0 fully saturated rings. The molecule has 0 saturated heterocycles. The summed E-state index contributed by atoms with van der Waals surface area (Å²) < 4.78 is 11.3. The number of carbonyl (C=O) groups is 1. The Labute approximate surface area is 169 Å². The van der Waals surface area contributed by atoms with Crippen molar-refractivity contribution in [2.45, 2.75) is 49.5 Å². The highest BCUT2D eigenvalue weighted by Crippen LogP contribution is 2.44. The maximum atomic E-state index is 12.2. The monoisotopic (exact) mass is 405 g/mol. The lowest BCUT2D eigenvalue weighted by Gasteiger charge is -2.30. The summed E-state index contributed by atoms with van der Waals surface area (Å²) >= 11 is 8.16. The van der Waals surface area contributed by atoms with Crippen LogP contribution in [0.25, 0.3) is 0 Å². The van der Waals surface area contributed by atoms with Crippen LogP contribution in [0.2, 0.25) is 5.02 Å². The number of ether oxygens (including phenoxy) is 2. The summed E-state index contributed by atoms with van der Waals surface area (Å²) in [6.45, 7) is 6.05. The first-order chi connectivity index (χ1) is 12.8. The van der Waals surface area contributed by atoms with Gasteiger partial charge in [0.05, 0.1) is 17.5 Å². The number of alkyl carbamates (subject to hydrolysis) is 1. The minimum atomic E-state index is -0.546. The molecule has 1 aliphatic rings. The molecule has 1 unspecified atom stereocenters. The maximum Gasteiger partial charge on any atom is 0.408 e. The normalized spacial score (nSPS) is 16.2. The number of halogens is 1. The van der Waals surface area contributed by atoms with E-state index in [1.807, 2.05) is 51.1 Å². The van der Waals surface area contributed by atoms with E-state index in [9.17, 15) is 4.79 Å². The topological polar surface area (TPSA) is 47.6 Å². The zero-order valence-corrected chi connectivity index (χ0v) is 17.3. The number of carbonyl (C=O) groups excluding carboxylic acids is 1. The first-order valence-electron chi connectivity index (χ1n) is 8.95. The van der Waals surface area contributed by atoms with Gasteiger partial charge >= 0.3 is 6.09 Å². The molecule has 4 nitrogen and oxygen atoms in total. The van der Waals surface area contributed by atoms with Gasteiger partial charge in [-0.3, -0.25) is 0 Å². The lowest BCUT2D eigenvalue weighted by molar-refractivity contribution is 0.0490. The molecule has 2 aromatic carbocycles. The molecule has 0 spiro atoms. The van der Waals surface area contributed by atoms with Gasteiger partial charge in [0.2, 0.25) is 0 Å². The van der Waals surface area contributed by atoms with E-state index in [1.54, 1.807) is 11.8 Å². The van der Waals surface area contributed by atoms with Gasteiger partial charge in [-0.05, 0) is 38.5 Å². The third kappa shape index (κ3) is 5.33. The van der Waals surface area contributed by atoms with Crippen LogP contribution >= 0.6 is 23.4 Å². The Hall–Kier alpha value is -1.85. The van der Waals surface area contributed by atoms with Gasteiger partial charge in [0, 0.05) is 22.8 Å². The highest BCUT2D eigenvalue weighted by atomic mass is 35.5. The Morgan fingerprint density at radius 2 is 2.00 bits per heavy atom. The van der Waals surface area contributed by atoms with Crippen molar-refractivity contribution in [2.75, 3.05) is 6.61 Å². The molecular weight excluding hydrogens is 382 g/mol. The summed E-state index contributed by atoms with van der Waals surface area (Å²) in [5.74, 6) is 1.60. The average Bonchev–Trinajstić information content (AvgIpc) is 2.60. The van der Waals surface area contributed by atoms with Gasteiger partial charge in [-0.1, -0.05) is 41.9 Å². The van der Waals surface area contributed by atoms with Gasteiger partial charge in [0.1, 0.15) is 11.4 Å². The molecule has 6 heteroatoms. The number of nitrogens with one attached hydrogen (secondary N) is 1. The molecule has 2 aromatic rings. The van der Waals surface area contributed by atoms with Crippen molar-refractivity contribution in [3.63, 3.8) is 0 Å². The highest BCUT2D eigenvalue weighted by Gasteiger charge is 2.29. The summed E-state index contributed by atoms with van der Waals surface area (Å²) in [6.07, 6.45) is 0.206. The third-order valence-electron chi connectivity index (χ3n) is 4.04. The van der Waals surface area contributed by atoms with E-state index in [-0.39, 0.29) is 6.04 Å². The van der Waals surface area contributed by atoms with Gasteiger partial charge in [0.15, 0.2) is 0 Å². The van der Waals surface area contributed by atoms with Crippen LogP contribution in [-0.2, 0) is 10.5 Å². The largest absolute Gasteiger partial charge is 0.492 e. The fourth-order valence-corrected chi connectivity index (χ4v) is 4.15. The third-order valence-corrected chi connectivity index (χ3v) is 5.48. The van der Waals surface area contributed by atoms with Crippen molar-refractivity contribution in [3.8, 4) is 5.75 Å². The number of fused-ring (bicyclic) bond motifs is 1. The molecule has 1 aliphatic heterocycles. The summed E-state index contributed by atoms with van der Waals surface area (Å²) in [7, 11) is 0. The quantitative estimate of drug-likeness (QED) is 0.635. The second-order valence-electron chi connectivity index (χ2n) is 7.40. The van der Waals surface area contributed by atoms with Crippen molar-refractivity contribution in [2.24, 2.45) is 0 Å². The van der Waals surface area contributed by atoms with Crippen LogP contribution in [0.15, 0.2) is 47.4 Å². The number of hydrogen-bond acceptors (Lipinski definition) is 4. The van der Waals surface area contributed by atoms with E-state index < -0.39 is 11.7 Å². The Kier molecular flexibility index (Phi) is 6.22. The zero-order valence-electron chi connectivity index (χ0n) is 15.8. The summed E-state index contributed by atoms with van der Waals surface area (Å²) in [4.78, 5) is 13.2. The molecule has 1 amide bonds. The first-order valence-corrected chi connectivity index (χ1v) is 10.3. The van der Waals surface area contributed by atoms with Crippen molar-refractivity contribution in [1.82, 2.24) is 5.32 Å². The van der Waals surface area contributed by atoms with Gasteiger partial charge in [-0.25, -0.2) is 4.79 Å². The second kappa shape index (κ2) is 8.44. The molecule has 0 radical (unpaired) electrons. The Balaban J connectivity index is 1.79. The van der Waals surface area contributed by atoms with Gasteiger partial charge in [0.25, 0.3) is 0 Å². The number of hydrogen-bond donors (Lipinski definition) is 1. The molecule has 1 N–H and O–H groups in total. The van der Waals surface area contributed by atoms with Crippen LogP contribution in [0.1, 0.15) is 44.4 Å². The molecule has 144 valence electrons. The zero-order chi connectivity index (χ0) is 19.4. The van der Waals surface area contributed by atoms with Crippen molar-refractivity contribution in [3.05, 3.63) is 58.6 Å². The average molecular weight is 406 g/mol. The fraction of sp³-hybridized carbons (Fsp3) is 0.381. The fourth-order valence-electron chi connectivity index (χ4n) is 2.90. The minimum absolute atomic E-state index is 0.228. The molecular formula is C21H24ClNO3S. The van der Waals surface area contributed by atoms with Gasteiger partial charge < -0.3 is 14.8 Å². The van der Waals surface area contributed by atoms with E-state index >= 15 is 0 Å². The number of benzene rings is 2. The lowest BCUT2D eigenvalue weighted by atomic mass is 10.0. The van der Waals surface area contributed by atoms with Crippen LogP contribution < -0.4 is 10.1 Å². The molecule has 1 heterocycles. The predicted molar refractivity (Wildman–Crippen MR) is 110 cm³/mol. The van der Waals surface area contributed by atoms with Crippen LogP contribution in [0.3, 0.4) is 0 Å². The molecule has 0 aliphatic carbocycles. The van der Waals surface area contributed by atoms with Gasteiger partial charge in [-0.2, -0.15) is 0 Å². The number of rotatable bonds is 4. The van der Waals surface area contributed by atoms with E-state index in [1.165, 1.54) is 5.56 Å². The molecule has 1 atom stereocenters. The first kappa shape index (κ1) is 19.9. The Morgan fingerprint density at radius 3 is 2.70 bits per heavy atom. The molecule has 0 saturated carbocycles. The Bertz CT molecular complexity index is 805. The number of thioether (sulfide) groups is 1. The predicted octanol–water partition coefficient (Wildman–Crippen LogP) is 5.98. The smallest absolute Gasteiger partial charge is 0.408 e. The molecule has 0 bridgehead atoms. The van der Waals surface area contributed by atoms with E-state index in [0.717, 1.165) is 22.0 Å². The van der Waals surface area contributed by atoms with E-state index in [0.29, 0.717) is 18.1 Å². The maximum absolute atomic E-state index is 12.2. The standard InChI is InChI=1S/C21H24ClNO3S/c1-21(2,3)26-20(24)23-16-11-12-25-19-17(10-9-15(22)18(16)19)27-13-14-7-5-4-6-8-14/h4-10,16H,11-13H2,1-3H3,(H,23,24). The SMILES string of the molecule is CC(C)(C)OC(=O)NC1CCOc2c(SCc3ccccc3)ccc(Cl)c21. The number of amides is 1. The summed E-state index contributed by atoms with van der Waals surface area (Å²) in [6, 6.07) is 13.9. The molecule has 0 aromatic heterocycles. The lowest BCUT2D eigenvalue weighted by Crippen LogP contribution is -2.37. The van der Waals surface area contributed by atoms with Crippen LogP contribution in [0.5, 0.6) is 5.75 Å². The van der Waals surface area contributed by atoms with Crippen molar-refractivity contribution in [1.29, 1.82) is 0 Å². The molecule has 27 heavy (non-hydrogen) atoms. The van der Waals surface area contributed by atoms with Crippen molar-refractivity contribution >= 4 is 29.5 Å². The minimum Gasteiger partial charge on any atom is -0.492 e. The highest BCUT2D eigenvalue weighted by molar-refractivity contribution is 7.98. The molecule has 3 rings (SSSR count). The summed E-state index contributed by atoms with van der Waals surface area (Å²) in [5.41, 5.74) is 1.52.